The number of para-hydroxylation sites is 2. The maximum atomic E-state index is 12.8. The highest BCUT2D eigenvalue weighted by atomic mass is 16.5. The molecule has 1 aliphatic heterocycles. The topological polar surface area (TPSA) is 29.3 Å². The number of nitrogens with zero attached hydrogens (tertiary/aromatic N) is 1. The Morgan fingerprint density at radius 2 is 1.54 bits per heavy atom. The van der Waals surface area contributed by atoms with Crippen LogP contribution < -0.4 is 4.74 Å². The zero-order chi connectivity index (χ0) is 16.4. The fourth-order valence-electron chi connectivity index (χ4n) is 2.85. The number of fused-ring (bicyclic) bond motifs is 1. The smallest absolute Gasteiger partial charge is 0.292 e. The van der Waals surface area contributed by atoms with Crippen molar-refractivity contribution in [3.63, 3.8) is 0 Å². The van der Waals surface area contributed by atoms with Gasteiger partial charge in [-0.2, -0.15) is 4.58 Å². The van der Waals surface area contributed by atoms with Gasteiger partial charge in [-0.1, -0.05) is 54.6 Å². The summed E-state index contributed by atoms with van der Waals surface area (Å²) >= 11 is 0. The average molecular weight is 314 g/mol. The lowest BCUT2D eigenvalue weighted by molar-refractivity contribution is -0.476. The molecule has 0 saturated heterocycles. The van der Waals surface area contributed by atoms with Gasteiger partial charge in [0.05, 0.1) is 11.1 Å². The molecule has 3 heteroatoms. The molecule has 4 rings (SSSR count). The Morgan fingerprint density at radius 1 is 0.833 bits per heavy atom. The van der Waals surface area contributed by atoms with Crippen LogP contribution in [0.3, 0.4) is 0 Å². The van der Waals surface area contributed by atoms with Gasteiger partial charge in [0.15, 0.2) is 17.7 Å². The van der Waals surface area contributed by atoms with Gasteiger partial charge in [-0.25, -0.2) is 0 Å². The van der Waals surface area contributed by atoms with Crippen LogP contribution in [0, 0.1) is 0 Å². The van der Waals surface area contributed by atoms with Crippen LogP contribution in [0.2, 0.25) is 0 Å². The van der Waals surface area contributed by atoms with E-state index in [9.17, 15) is 4.79 Å². The number of carbonyl (C=O) groups excluding carboxylic acids is 1. The summed E-state index contributed by atoms with van der Waals surface area (Å²) in [6, 6.07) is 25.0. The zero-order valence-corrected chi connectivity index (χ0v) is 13.1. The third-order valence-corrected chi connectivity index (χ3v) is 4.06. The lowest BCUT2D eigenvalue weighted by Crippen LogP contribution is -2.22. The van der Waals surface area contributed by atoms with E-state index in [-0.39, 0.29) is 5.78 Å². The van der Waals surface area contributed by atoms with Crippen molar-refractivity contribution in [3.8, 4) is 5.75 Å². The lowest BCUT2D eigenvalue weighted by Gasteiger charge is -2.16. The van der Waals surface area contributed by atoms with Gasteiger partial charge in [0.2, 0.25) is 5.69 Å². The maximum Gasteiger partial charge on any atom is 0.292 e. The van der Waals surface area contributed by atoms with Gasteiger partial charge in [0, 0.05) is 17.7 Å². The van der Waals surface area contributed by atoms with E-state index >= 15 is 0 Å². The number of carbonyl (C=O) groups is 1. The first-order chi connectivity index (χ1) is 11.8. The molecule has 24 heavy (non-hydrogen) atoms. The predicted molar refractivity (Wildman–Crippen MR) is 93.3 cm³/mol. The molecular formula is C21H16NO2+. The van der Waals surface area contributed by atoms with Gasteiger partial charge in [0.25, 0.3) is 6.73 Å². The largest absolute Gasteiger partial charge is 0.434 e. The van der Waals surface area contributed by atoms with Crippen LogP contribution in [-0.4, -0.2) is 23.3 Å². The molecule has 0 aromatic heterocycles. The van der Waals surface area contributed by atoms with E-state index in [1.54, 1.807) is 0 Å². The van der Waals surface area contributed by atoms with Gasteiger partial charge >= 0.3 is 0 Å². The highest BCUT2D eigenvalue weighted by molar-refractivity contribution is 6.11. The van der Waals surface area contributed by atoms with Crippen molar-refractivity contribution in [2.75, 3.05) is 6.73 Å². The fourth-order valence-corrected chi connectivity index (χ4v) is 2.85. The van der Waals surface area contributed by atoms with E-state index in [1.807, 2.05) is 89.7 Å². The molecule has 3 nitrogen and oxygen atoms in total. The second-order valence-corrected chi connectivity index (χ2v) is 5.63. The van der Waals surface area contributed by atoms with E-state index < -0.39 is 0 Å². The van der Waals surface area contributed by atoms with E-state index in [2.05, 4.69) is 0 Å². The summed E-state index contributed by atoms with van der Waals surface area (Å²) in [6.07, 6.45) is 2.02. The molecule has 0 amide bonds. The van der Waals surface area contributed by atoms with Gasteiger partial charge in [-0.3, -0.25) is 4.79 Å². The number of ether oxygens (including phenoxy) is 1. The molecule has 0 fully saturated rings. The van der Waals surface area contributed by atoms with E-state index in [0.29, 0.717) is 23.6 Å². The van der Waals surface area contributed by atoms with Crippen molar-refractivity contribution in [2.24, 2.45) is 0 Å². The summed E-state index contributed by atoms with van der Waals surface area (Å²) in [5, 5.41) is 0. The molecule has 1 heterocycles. The van der Waals surface area contributed by atoms with Crippen LogP contribution in [0.5, 0.6) is 5.75 Å². The Labute approximate surface area is 140 Å². The van der Waals surface area contributed by atoms with E-state index in [0.717, 1.165) is 11.3 Å². The molecule has 0 bridgehead atoms. The first-order valence-electron chi connectivity index (χ1n) is 7.85. The molecular weight excluding hydrogens is 298 g/mol. The Bertz CT molecular complexity index is 915. The summed E-state index contributed by atoms with van der Waals surface area (Å²) in [7, 11) is 0. The minimum atomic E-state index is -0.0194. The number of benzene rings is 3. The van der Waals surface area contributed by atoms with Gasteiger partial charge in [-0.05, 0) is 12.1 Å². The lowest BCUT2D eigenvalue weighted by atomic mass is 10.00. The van der Waals surface area contributed by atoms with E-state index in [4.69, 9.17) is 4.74 Å². The van der Waals surface area contributed by atoms with Crippen LogP contribution in [0.25, 0.3) is 0 Å². The predicted octanol–water partition coefficient (Wildman–Crippen LogP) is 4.03. The fraction of sp³-hybridized carbons (Fsp3) is 0.0476. The summed E-state index contributed by atoms with van der Waals surface area (Å²) in [5.74, 6) is 0.632. The molecule has 1 aliphatic rings. The van der Waals surface area contributed by atoms with E-state index in [1.165, 1.54) is 0 Å². The number of ketones is 1. The Kier molecular flexibility index (Phi) is 3.67. The van der Waals surface area contributed by atoms with Gasteiger partial charge in [0.1, 0.15) is 0 Å². The number of hydrogen-bond acceptors (Lipinski definition) is 2. The second-order valence-electron chi connectivity index (χ2n) is 5.63. The molecule has 0 aliphatic carbocycles. The molecule has 0 radical (unpaired) electrons. The maximum absolute atomic E-state index is 12.8. The molecule has 0 atom stereocenters. The Morgan fingerprint density at radius 3 is 2.29 bits per heavy atom. The first kappa shape index (κ1) is 14.4. The molecule has 3 aromatic carbocycles. The van der Waals surface area contributed by atoms with Gasteiger partial charge in [-0.15, -0.1) is 0 Å². The molecule has 0 N–H and O–H groups in total. The SMILES string of the molecule is O=C(c1ccccc1)c1cccc2c1OC[N+](c1ccccc1)=C2. The highest BCUT2D eigenvalue weighted by Crippen LogP contribution is 2.28. The normalized spacial score (nSPS) is 12.8. The van der Waals surface area contributed by atoms with Crippen LogP contribution in [0.15, 0.2) is 78.9 Å². The van der Waals surface area contributed by atoms with Crippen molar-refractivity contribution in [1.29, 1.82) is 0 Å². The summed E-state index contributed by atoms with van der Waals surface area (Å²) in [4.78, 5) is 12.8. The second kappa shape index (κ2) is 6.13. The Hall–Kier alpha value is -3.20. The molecule has 116 valence electrons. The van der Waals surface area contributed by atoms with Crippen molar-refractivity contribution in [3.05, 3.63) is 95.6 Å². The monoisotopic (exact) mass is 314 g/mol. The molecule has 0 unspecified atom stereocenters. The zero-order valence-electron chi connectivity index (χ0n) is 13.1. The highest BCUT2D eigenvalue weighted by Gasteiger charge is 2.24. The summed E-state index contributed by atoms with van der Waals surface area (Å²) < 4.78 is 7.96. The van der Waals surface area contributed by atoms with Crippen molar-refractivity contribution in [1.82, 2.24) is 0 Å². The summed E-state index contributed by atoms with van der Waals surface area (Å²) in [6.45, 7) is 0.385. The number of rotatable bonds is 3. The third kappa shape index (κ3) is 2.61. The quantitative estimate of drug-likeness (QED) is 0.539. The molecule has 3 aromatic rings. The van der Waals surface area contributed by atoms with Crippen LogP contribution >= 0.6 is 0 Å². The molecule has 0 spiro atoms. The van der Waals surface area contributed by atoms with Crippen LogP contribution in [0.1, 0.15) is 21.5 Å². The minimum absolute atomic E-state index is 0.0194. The third-order valence-electron chi connectivity index (χ3n) is 4.06. The van der Waals surface area contributed by atoms with Gasteiger partial charge < -0.3 is 4.74 Å². The standard InChI is InChI=1S/C21H16NO2/c23-20(16-8-3-1-4-9-16)19-13-7-10-17-14-22(15-24-21(17)19)18-11-5-2-6-12-18/h1-14H,15H2/q+1. The summed E-state index contributed by atoms with van der Waals surface area (Å²) in [5.41, 5.74) is 3.23. The first-order valence-corrected chi connectivity index (χ1v) is 7.85. The van der Waals surface area contributed by atoms with Crippen molar-refractivity contribution in [2.45, 2.75) is 0 Å². The number of hydrogen-bond donors (Lipinski definition) is 0. The average Bonchev–Trinajstić information content (AvgIpc) is 2.68. The molecule has 0 saturated carbocycles. The van der Waals surface area contributed by atoms with Crippen LogP contribution in [0.4, 0.5) is 5.69 Å². The van der Waals surface area contributed by atoms with Crippen molar-refractivity contribution < 1.29 is 14.1 Å². The van der Waals surface area contributed by atoms with Crippen molar-refractivity contribution >= 4 is 17.7 Å². The Balaban J connectivity index is 1.75. The minimum Gasteiger partial charge on any atom is -0.434 e. The van der Waals surface area contributed by atoms with Crippen LogP contribution in [-0.2, 0) is 0 Å².